The Morgan fingerprint density at radius 1 is 1.50 bits per heavy atom. The molecule has 1 atom stereocenters. The van der Waals surface area contributed by atoms with Crippen molar-refractivity contribution in [2.75, 3.05) is 13.3 Å². The average Bonchev–Trinajstić information content (AvgIpc) is 2.13. The fraction of sp³-hybridized carbons (Fsp3) is 1.00. The van der Waals surface area contributed by atoms with Crippen molar-refractivity contribution >= 4 is 0 Å². The number of ether oxygens (including phenoxy) is 1. The topological polar surface area (TPSA) is 41.5 Å². The van der Waals surface area contributed by atoms with Gasteiger partial charge >= 0.3 is 6.18 Å². The number of hydrogen-bond donors (Lipinski definition) is 2. The Hall–Kier alpha value is -0.330. The summed E-state index contributed by atoms with van der Waals surface area (Å²) >= 11 is 0. The summed E-state index contributed by atoms with van der Waals surface area (Å²) in [5.74, 6) is -2.98. The SMILES string of the molecule is OC1(C(F)(F)F)CNCO1. The number of rotatable bonds is 0. The van der Waals surface area contributed by atoms with E-state index >= 15 is 0 Å². The molecule has 10 heavy (non-hydrogen) atoms. The van der Waals surface area contributed by atoms with Gasteiger partial charge in [-0.15, -0.1) is 0 Å². The summed E-state index contributed by atoms with van der Waals surface area (Å²) in [6, 6.07) is 0. The van der Waals surface area contributed by atoms with Gasteiger partial charge in [-0.1, -0.05) is 0 Å². The van der Waals surface area contributed by atoms with Gasteiger partial charge in [-0.25, -0.2) is 0 Å². The van der Waals surface area contributed by atoms with Crippen LogP contribution in [0.15, 0.2) is 0 Å². The molecular formula is C4H6F3NO2. The third kappa shape index (κ3) is 1.09. The molecule has 3 nitrogen and oxygen atoms in total. The maximum atomic E-state index is 11.7. The van der Waals surface area contributed by atoms with Crippen LogP contribution in [0.25, 0.3) is 0 Å². The lowest BCUT2D eigenvalue weighted by Gasteiger charge is -2.22. The summed E-state index contributed by atoms with van der Waals surface area (Å²) in [6.45, 7) is -0.869. The molecule has 60 valence electrons. The van der Waals surface area contributed by atoms with E-state index in [-0.39, 0.29) is 6.73 Å². The smallest absolute Gasteiger partial charge is 0.357 e. The van der Waals surface area contributed by atoms with E-state index in [1.807, 2.05) is 0 Å². The number of nitrogens with one attached hydrogen (secondary N) is 1. The van der Waals surface area contributed by atoms with Crippen LogP contribution in [0.1, 0.15) is 0 Å². The number of aliphatic hydroxyl groups is 1. The molecule has 0 aromatic carbocycles. The van der Waals surface area contributed by atoms with E-state index in [0.717, 1.165) is 0 Å². The lowest BCUT2D eigenvalue weighted by atomic mass is 10.3. The summed E-state index contributed by atoms with van der Waals surface area (Å²) < 4.78 is 39.2. The molecule has 1 aliphatic rings. The van der Waals surface area contributed by atoms with E-state index in [4.69, 9.17) is 5.11 Å². The molecule has 0 spiro atoms. The molecule has 1 heterocycles. The number of alkyl halides is 3. The molecule has 1 aliphatic heterocycles. The van der Waals surface area contributed by atoms with Crippen molar-refractivity contribution in [3.8, 4) is 0 Å². The van der Waals surface area contributed by atoms with Gasteiger partial charge in [-0.2, -0.15) is 13.2 Å². The molecule has 1 fully saturated rings. The first-order chi connectivity index (χ1) is 4.46. The second kappa shape index (κ2) is 2.08. The molecule has 1 unspecified atom stereocenters. The Labute approximate surface area is 54.8 Å². The summed E-state index contributed by atoms with van der Waals surface area (Å²) in [6.07, 6.45) is -4.71. The fourth-order valence-corrected chi connectivity index (χ4v) is 0.624. The van der Waals surface area contributed by atoms with Gasteiger partial charge in [0.1, 0.15) is 6.73 Å². The van der Waals surface area contributed by atoms with Crippen molar-refractivity contribution in [2.24, 2.45) is 0 Å². The Kier molecular flexibility index (Phi) is 1.61. The highest BCUT2D eigenvalue weighted by Crippen LogP contribution is 2.32. The summed E-state index contributed by atoms with van der Waals surface area (Å²) in [5, 5.41) is 10.8. The van der Waals surface area contributed by atoms with Gasteiger partial charge in [0.05, 0.1) is 6.54 Å². The van der Waals surface area contributed by atoms with E-state index in [9.17, 15) is 13.2 Å². The van der Waals surface area contributed by atoms with Crippen molar-refractivity contribution in [2.45, 2.75) is 12.0 Å². The molecule has 0 aromatic heterocycles. The van der Waals surface area contributed by atoms with Gasteiger partial charge in [0.15, 0.2) is 0 Å². The predicted octanol–water partition coefficient (Wildman–Crippen LogP) is -0.185. The molecular weight excluding hydrogens is 151 g/mol. The molecule has 0 amide bonds. The van der Waals surface area contributed by atoms with Gasteiger partial charge in [0, 0.05) is 0 Å². The van der Waals surface area contributed by atoms with E-state index in [0.29, 0.717) is 0 Å². The molecule has 1 saturated heterocycles. The van der Waals surface area contributed by atoms with Crippen molar-refractivity contribution < 1.29 is 23.0 Å². The van der Waals surface area contributed by atoms with E-state index in [1.165, 1.54) is 0 Å². The number of halogens is 3. The second-order valence-corrected chi connectivity index (χ2v) is 2.00. The minimum Gasteiger partial charge on any atom is -0.357 e. The lowest BCUT2D eigenvalue weighted by Crippen LogP contribution is -2.48. The first-order valence-corrected chi connectivity index (χ1v) is 2.59. The first-order valence-electron chi connectivity index (χ1n) is 2.59. The second-order valence-electron chi connectivity index (χ2n) is 2.00. The Morgan fingerprint density at radius 2 is 2.10 bits per heavy atom. The average molecular weight is 157 g/mol. The third-order valence-electron chi connectivity index (χ3n) is 1.22. The highest BCUT2D eigenvalue weighted by molar-refractivity contribution is 4.82. The highest BCUT2D eigenvalue weighted by atomic mass is 19.4. The normalized spacial score (nSPS) is 34.8. The largest absolute Gasteiger partial charge is 0.444 e. The Morgan fingerprint density at radius 3 is 2.30 bits per heavy atom. The predicted molar refractivity (Wildman–Crippen MR) is 25.0 cm³/mol. The molecule has 1 rings (SSSR count). The van der Waals surface area contributed by atoms with Gasteiger partial charge in [-0.3, -0.25) is 5.32 Å². The minimum absolute atomic E-state index is 0.268. The Bertz CT molecular complexity index is 129. The molecule has 2 N–H and O–H groups in total. The lowest BCUT2D eigenvalue weighted by molar-refractivity contribution is -0.343. The zero-order valence-electron chi connectivity index (χ0n) is 4.90. The van der Waals surface area contributed by atoms with Crippen LogP contribution in [0.2, 0.25) is 0 Å². The van der Waals surface area contributed by atoms with Gasteiger partial charge in [0.2, 0.25) is 0 Å². The number of β-amino-alcohol motifs (C(OH)–C–C–N with tert-alkyl or cyclic N) is 1. The maximum absolute atomic E-state index is 11.7. The van der Waals surface area contributed by atoms with Crippen molar-refractivity contribution in [3.63, 3.8) is 0 Å². The van der Waals surface area contributed by atoms with E-state index in [2.05, 4.69) is 10.1 Å². The van der Waals surface area contributed by atoms with Crippen LogP contribution in [0, 0.1) is 0 Å². The fourth-order valence-electron chi connectivity index (χ4n) is 0.624. The Balaban J connectivity index is 2.67. The quantitative estimate of drug-likeness (QED) is 0.512. The van der Waals surface area contributed by atoms with Crippen LogP contribution >= 0.6 is 0 Å². The molecule has 0 aliphatic carbocycles. The van der Waals surface area contributed by atoms with Crippen LogP contribution < -0.4 is 5.32 Å². The monoisotopic (exact) mass is 157 g/mol. The molecule has 0 radical (unpaired) electrons. The summed E-state index contributed by atoms with van der Waals surface area (Å²) in [4.78, 5) is 0. The van der Waals surface area contributed by atoms with Crippen LogP contribution in [0.4, 0.5) is 13.2 Å². The van der Waals surface area contributed by atoms with Crippen LogP contribution in [0.5, 0.6) is 0 Å². The molecule has 0 aromatic rings. The van der Waals surface area contributed by atoms with E-state index in [1.54, 1.807) is 0 Å². The third-order valence-corrected chi connectivity index (χ3v) is 1.22. The van der Waals surface area contributed by atoms with Gasteiger partial charge in [-0.05, 0) is 0 Å². The van der Waals surface area contributed by atoms with Crippen LogP contribution in [-0.4, -0.2) is 30.3 Å². The standard InChI is InChI=1S/C4H6F3NO2/c5-4(6,7)3(9)1-8-2-10-3/h8-9H,1-2H2. The zero-order chi connectivity index (χ0) is 7.83. The number of hydrogen-bond acceptors (Lipinski definition) is 3. The van der Waals surface area contributed by atoms with Crippen LogP contribution in [0.3, 0.4) is 0 Å². The first kappa shape index (κ1) is 7.77. The van der Waals surface area contributed by atoms with E-state index < -0.39 is 18.5 Å². The molecule has 0 bridgehead atoms. The van der Waals surface area contributed by atoms with Gasteiger partial charge < -0.3 is 9.84 Å². The maximum Gasteiger partial charge on any atom is 0.444 e. The van der Waals surface area contributed by atoms with Crippen LogP contribution in [-0.2, 0) is 4.74 Å². The van der Waals surface area contributed by atoms with Gasteiger partial charge in [0.25, 0.3) is 5.79 Å². The summed E-state index contributed by atoms with van der Waals surface area (Å²) in [5.41, 5.74) is 0. The minimum atomic E-state index is -4.71. The molecule has 6 heteroatoms. The zero-order valence-corrected chi connectivity index (χ0v) is 4.90. The van der Waals surface area contributed by atoms with Crippen molar-refractivity contribution in [1.82, 2.24) is 5.32 Å². The van der Waals surface area contributed by atoms with Crippen molar-refractivity contribution in [3.05, 3.63) is 0 Å². The molecule has 0 saturated carbocycles. The van der Waals surface area contributed by atoms with Crippen molar-refractivity contribution in [1.29, 1.82) is 0 Å². The summed E-state index contributed by atoms with van der Waals surface area (Å²) in [7, 11) is 0. The highest BCUT2D eigenvalue weighted by Gasteiger charge is 2.57.